The van der Waals surface area contributed by atoms with E-state index in [1.165, 1.54) is 31.5 Å². The van der Waals surface area contributed by atoms with Crippen LogP contribution in [0.5, 0.6) is 0 Å². The van der Waals surface area contributed by atoms with Crippen LogP contribution in [0.3, 0.4) is 0 Å². The molecular weight excluding hydrogens is 487 g/mol. The van der Waals surface area contributed by atoms with Gasteiger partial charge >= 0.3 is 7.12 Å². The Labute approximate surface area is 230 Å². The molecule has 7 nitrogen and oxygen atoms in total. The van der Waals surface area contributed by atoms with Gasteiger partial charge in [-0.1, -0.05) is 30.3 Å². The first-order valence-corrected chi connectivity index (χ1v) is 13.8. The van der Waals surface area contributed by atoms with E-state index in [0.29, 0.717) is 17.0 Å². The molecule has 0 spiro atoms. The fourth-order valence-corrected chi connectivity index (χ4v) is 5.37. The summed E-state index contributed by atoms with van der Waals surface area (Å²) in [6, 6.07) is 20.1. The molecule has 0 unspecified atom stereocenters. The number of benzene rings is 2. The van der Waals surface area contributed by atoms with Crippen LogP contribution < -0.4 is 16.1 Å². The standard InChI is InChI=1S/C31H35BN4O3/c1-30(2)31(3,4)39-32(38-30)22-12-15-24-26(19-22)35-29(37)27(24)28(25-9-5-6-16-33-25)34-23-13-10-21(11-14-23)20-36-17-7-8-18-36/h5-6,9-16,19,34H,7-8,17-18,20H2,1-4H3,(H,35,37)/b28-27-. The van der Waals surface area contributed by atoms with E-state index in [2.05, 4.69) is 44.8 Å². The van der Waals surface area contributed by atoms with Crippen molar-refractivity contribution in [3.63, 3.8) is 0 Å². The number of carbonyl (C=O) groups excluding carboxylic acids is 1. The van der Waals surface area contributed by atoms with Gasteiger partial charge in [-0.2, -0.15) is 0 Å². The van der Waals surface area contributed by atoms with E-state index < -0.39 is 18.3 Å². The molecule has 200 valence electrons. The van der Waals surface area contributed by atoms with Gasteiger partial charge in [-0.15, -0.1) is 0 Å². The lowest BCUT2D eigenvalue weighted by atomic mass is 9.78. The van der Waals surface area contributed by atoms with Crippen molar-refractivity contribution < 1.29 is 14.1 Å². The van der Waals surface area contributed by atoms with E-state index >= 15 is 0 Å². The highest BCUT2D eigenvalue weighted by molar-refractivity contribution is 6.62. The molecule has 0 radical (unpaired) electrons. The van der Waals surface area contributed by atoms with E-state index in [4.69, 9.17) is 9.31 Å². The summed E-state index contributed by atoms with van der Waals surface area (Å²) in [5.74, 6) is -0.171. The van der Waals surface area contributed by atoms with Gasteiger partial charge in [-0.3, -0.25) is 14.7 Å². The summed E-state index contributed by atoms with van der Waals surface area (Å²) in [6.07, 6.45) is 4.30. The van der Waals surface area contributed by atoms with Gasteiger partial charge in [0.2, 0.25) is 0 Å². The molecule has 2 N–H and O–H groups in total. The molecule has 0 aliphatic carbocycles. The number of fused-ring (bicyclic) bond motifs is 1. The van der Waals surface area contributed by atoms with Gasteiger partial charge < -0.3 is 19.9 Å². The fraction of sp³-hybridized carbons (Fsp3) is 0.355. The molecule has 8 heteroatoms. The van der Waals surface area contributed by atoms with Crippen molar-refractivity contribution in [2.75, 3.05) is 23.7 Å². The second kappa shape index (κ2) is 9.94. The Kier molecular flexibility index (Phi) is 6.57. The number of hydrogen-bond acceptors (Lipinski definition) is 6. The molecule has 0 bridgehead atoms. The van der Waals surface area contributed by atoms with Crippen LogP contribution in [0.15, 0.2) is 66.9 Å². The SMILES string of the molecule is CC1(C)OB(c2ccc3c(c2)NC(=O)/C3=C(\Nc2ccc(CN3CCCC3)cc2)c2ccccn2)OC1(C)C. The van der Waals surface area contributed by atoms with Crippen molar-refractivity contribution in [1.29, 1.82) is 0 Å². The first kappa shape index (κ1) is 25.8. The van der Waals surface area contributed by atoms with Crippen LogP contribution in [0.4, 0.5) is 11.4 Å². The summed E-state index contributed by atoms with van der Waals surface area (Å²) in [4.78, 5) is 20.5. The molecule has 39 heavy (non-hydrogen) atoms. The molecule has 3 aliphatic heterocycles. The average Bonchev–Trinajstić information content (AvgIpc) is 3.59. The summed E-state index contributed by atoms with van der Waals surface area (Å²) < 4.78 is 12.5. The number of hydrogen-bond donors (Lipinski definition) is 2. The van der Waals surface area contributed by atoms with Gasteiger partial charge in [0.25, 0.3) is 5.91 Å². The maximum atomic E-state index is 13.4. The van der Waals surface area contributed by atoms with Crippen molar-refractivity contribution in [3.05, 3.63) is 83.7 Å². The van der Waals surface area contributed by atoms with Gasteiger partial charge in [0.05, 0.1) is 28.2 Å². The molecule has 1 aromatic heterocycles. The second-order valence-corrected chi connectivity index (χ2v) is 11.6. The summed E-state index contributed by atoms with van der Waals surface area (Å²) in [6.45, 7) is 11.4. The predicted molar refractivity (Wildman–Crippen MR) is 156 cm³/mol. The first-order valence-electron chi connectivity index (χ1n) is 13.8. The van der Waals surface area contributed by atoms with E-state index in [9.17, 15) is 4.79 Å². The molecule has 6 rings (SSSR count). The van der Waals surface area contributed by atoms with Crippen LogP contribution in [-0.2, 0) is 20.6 Å². The Morgan fingerprint density at radius 2 is 1.72 bits per heavy atom. The van der Waals surface area contributed by atoms with Crippen molar-refractivity contribution in [1.82, 2.24) is 9.88 Å². The number of aromatic nitrogens is 1. The third kappa shape index (κ3) is 5.00. The molecule has 3 aliphatic rings. The van der Waals surface area contributed by atoms with Gasteiger partial charge in [-0.05, 0) is 95.0 Å². The maximum absolute atomic E-state index is 13.4. The van der Waals surface area contributed by atoms with E-state index in [-0.39, 0.29) is 5.91 Å². The summed E-state index contributed by atoms with van der Waals surface area (Å²) in [7, 11) is -0.502. The highest BCUT2D eigenvalue weighted by Gasteiger charge is 2.52. The molecule has 4 heterocycles. The van der Waals surface area contributed by atoms with Gasteiger partial charge in [0.1, 0.15) is 0 Å². The minimum absolute atomic E-state index is 0.171. The number of pyridine rings is 1. The van der Waals surface area contributed by atoms with Crippen molar-refractivity contribution in [2.45, 2.75) is 58.3 Å². The topological polar surface area (TPSA) is 75.7 Å². The quantitative estimate of drug-likeness (QED) is 0.354. The van der Waals surface area contributed by atoms with Crippen LogP contribution in [-0.4, -0.2) is 47.2 Å². The number of carbonyl (C=O) groups is 1. The molecule has 0 atom stereocenters. The Balaban J connectivity index is 1.33. The molecular formula is C31H35BN4O3. The van der Waals surface area contributed by atoms with Crippen LogP contribution in [0, 0.1) is 0 Å². The van der Waals surface area contributed by atoms with Crippen molar-refractivity contribution >= 4 is 41.1 Å². The molecule has 1 amide bonds. The van der Waals surface area contributed by atoms with E-state index in [1.807, 2.05) is 64.1 Å². The zero-order valence-corrected chi connectivity index (χ0v) is 23.1. The molecule has 0 saturated carbocycles. The molecule has 2 aromatic carbocycles. The lowest BCUT2D eigenvalue weighted by Gasteiger charge is -2.32. The highest BCUT2D eigenvalue weighted by atomic mass is 16.7. The van der Waals surface area contributed by atoms with Crippen LogP contribution >= 0.6 is 0 Å². The van der Waals surface area contributed by atoms with Crippen LogP contribution in [0.1, 0.15) is 57.4 Å². The molecule has 3 aromatic rings. The van der Waals surface area contributed by atoms with Crippen LogP contribution in [0.2, 0.25) is 0 Å². The summed E-state index contributed by atoms with van der Waals surface area (Å²) in [5.41, 5.74) is 5.67. The van der Waals surface area contributed by atoms with Crippen LogP contribution in [0.25, 0.3) is 11.3 Å². The number of anilines is 2. The summed E-state index contributed by atoms with van der Waals surface area (Å²) >= 11 is 0. The second-order valence-electron chi connectivity index (χ2n) is 11.6. The van der Waals surface area contributed by atoms with E-state index in [1.54, 1.807) is 6.20 Å². The minimum Gasteiger partial charge on any atom is -0.399 e. The van der Waals surface area contributed by atoms with Crippen molar-refractivity contribution in [2.24, 2.45) is 0 Å². The lowest BCUT2D eigenvalue weighted by molar-refractivity contribution is -0.110. The monoisotopic (exact) mass is 522 g/mol. The minimum atomic E-state index is -0.502. The molecule has 2 saturated heterocycles. The van der Waals surface area contributed by atoms with Gasteiger partial charge in [-0.25, -0.2) is 0 Å². The van der Waals surface area contributed by atoms with Crippen molar-refractivity contribution in [3.8, 4) is 0 Å². The first-order chi connectivity index (χ1) is 18.7. The Bertz CT molecular complexity index is 1400. The summed E-state index contributed by atoms with van der Waals surface area (Å²) in [5, 5.41) is 6.57. The van der Waals surface area contributed by atoms with Gasteiger partial charge in [0.15, 0.2) is 0 Å². The lowest BCUT2D eigenvalue weighted by Crippen LogP contribution is -2.41. The Morgan fingerprint density at radius 3 is 2.38 bits per heavy atom. The fourth-order valence-electron chi connectivity index (χ4n) is 5.37. The smallest absolute Gasteiger partial charge is 0.399 e. The normalized spacial score (nSPS) is 21.1. The maximum Gasteiger partial charge on any atom is 0.494 e. The number of nitrogens with zero attached hydrogens (tertiary/aromatic N) is 2. The Hall–Kier alpha value is -3.46. The Morgan fingerprint density at radius 1 is 1.00 bits per heavy atom. The number of amides is 1. The number of likely N-dealkylation sites (tertiary alicyclic amines) is 1. The average molecular weight is 522 g/mol. The molecule has 2 fully saturated rings. The third-order valence-electron chi connectivity index (χ3n) is 8.31. The largest absolute Gasteiger partial charge is 0.494 e. The zero-order valence-electron chi connectivity index (χ0n) is 23.1. The predicted octanol–water partition coefficient (Wildman–Crippen LogP) is 4.91. The van der Waals surface area contributed by atoms with Gasteiger partial charge in [0, 0.05) is 29.7 Å². The third-order valence-corrected chi connectivity index (χ3v) is 8.31. The highest BCUT2D eigenvalue weighted by Crippen LogP contribution is 2.39. The number of nitrogens with one attached hydrogen (secondary N) is 2. The van der Waals surface area contributed by atoms with E-state index in [0.717, 1.165) is 28.9 Å². The zero-order chi connectivity index (χ0) is 27.2. The number of rotatable bonds is 6.